The lowest BCUT2D eigenvalue weighted by Gasteiger charge is -2.35. The Labute approximate surface area is 247 Å². The summed E-state index contributed by atoms with van der Waals surface area (Å²) in [6.45, 7) is 5.51. The molecular weight excluding hydrogens is 534 g/mol. The molecule has 1 aliphatic carbocycles. The number of allylic oxidation sites excluding steroid dienone is 2. The largest absolute Gasteiger partial charge is 0.468 e. The number of rotatable bonds is 8. The first-order valence-electron chi connectivity index (χ1n) is 15.0. The number of aliphatic hydroxyl groups excluding tert-OH is 1. The maximum absolute atomic E-state index is 12.2. The first-order valence-corrected chi connectivity index (χ1v) is 15.0. The van der Waals surface area contributed by atoms with Crippen LogP contribution in [0.15, 0.2) is 46.5 Å². The van der Waals surface area contributed by atoms with Gasteiger partial charge in [0.2, 0.25) is 5.95 Å². The summed E-state index contributed by atoms with van der Waals surface area (Å²) >= 11 is 0. The van der Waals surface area contributed by atoms with E-state index in [2.05, 4.69) is 31.0 Å². The number of nitrogens with zero attached hydrogens (tertiary/aromatic N) is 5. The van der Waals surface area contributed by atoms with Gasteiger partial charge in [-0.2, -0.15) is 0 Å². The molecule has 3 aliphatic rings. The summed E-state index contributed by atoms with van der Waals surface area (Å²) in [5.74, 6) is 0.510. The van der Waals surface area contributed by atoms with Crippen molar-refractivity contribution in [2.24, 2.45) is 23.5 Å². The molecule has 1 saturated carbocycles. The average Bonchev–Trinajstić information content (AvgIpc) is 3.58. The number of aromatic nitrogens is 3. The number of carbonyl (C=O) groups excluding carboxylic acids is 1. The Balaban J connectivity index is 1.19. The number of hydrogen-bond acceptors (Lipinski definition) is 11. The molecule has 4 heterocycles. The molecule has 0 spiro atoms. The topological polar surface area (TPSA) is 155 Å². The summed E-state index contributed by atoms with van der Waals surface area (Å²) < 4.78 is 10.4. The standard InChI is InChI=1S/C31H43N7O4/c1-18(2)29(30(40)41-4)28-15-24(36-42-28)20-16-34-31(35-17-20)38-11-9-19(10-12-38)25-14-23(33)26(37(25)3)13-22(32)21-7-5-6-8-27(21)39/h13-19,21,23,27,29,32,39H,5-12,33H2,1-4H3/b26-13+,32-22?. The van der Waals surface area contributed by atoms with Crippen molar-refractivity contribution in [3.05, 3.63) is 47.8 Å². The van der Waals surface area contributed by atoms with Crippen LogP contribution in [0, 0.1) is 23.2 Å². The summed E-state index contributed by atoms with van der Waals surface area (Å²) in [5, 5.41) is 23.2. The minimum absolute atomic E-state index is 0.00184. The number of methoxy groups -OCH3 is 1. The summed E-state index contributed by atoms with van der Waals surface area (Å²) in [6.07, 6.45) is 12.6. The van der Waals surface area contributed by atoms with Gasteiger partial charge in [0, 0.05) is 73.1 Å². The van der Waals surface area contributed by atoms with E-state index in [1.165, 1.54) is 12.8 Å². The van der Waals surface area contributed by atoms with Crippen LogP contribution in [0.25, 0.3) is 11.3 Å². The molecule has 2 aliphatic heterocycles. The molecule has 11 heteroatoms. The number of carbonyl (C=O) groups is 1. The number of nitrogens with two attached hydrogens (primary N) is 1. The summed E-state index contributed by atoms with van der Waals surface area (Å²) in [6, 6.07) is 1.50. The van der Waals surface area contributed by atoms with Crippen LogP contribution in [0.2, 0.25) is 0 Å². The van der Waals surface area contributed by atoms with E-state index in [0.29, 0.717) is 34.6 Å². The van der Waals surface area contributed by atoms with Gasteiger partial charge < -0.3 is 35.3 Å². The van der Waals surface area contributed by atoms with E-state index >= 15 is 0 Å². The first kappa shape index (κ1) is 29.9. The van der Waals surface area contributed by atoms with E-state index in [4.69, 9.17) is 20.4 Å². The molecule has 42 heavy (non-hydrogen) atoms. The molecule has 226 valence electrons. The highest BCUT2D eigenvalue weighted by Gasteiger charge is 2.34. The van der Waals surface area contributed by atoms with Crippen LogP contribution in [0.1, 0.15) is 64.1 Å². The quantitative estimate of drug-likeness (QED) is 0.311. The summed E-state index contributed by atoms with van der Waals surface area (Å²) in [5.41, 5.74) is 10.4. The fraction of sp³-hybridized carbons (Fsp3) is 0.581. The maximum atomic E-state index is 12.2. The second kappa shape index (κ2) is 12.7. The Morgan fingerprint density at radius 1 is 1.19 bits per heavy atom. The number of anilines is 1. The van der Waals surface area contributed by atoms with Gasteiger partial charge in [-0.1, -0.05) is 31.8 Å². The Morgan fingerprint density at radius 3 is 2.52 bits per heavy atom. The number of nitrogens with one attached hydrogen (secondary N) is 1. The third kappa shape index (κ3) is 6.12. The third-order valence-electron chi connectivity index (χ3n) is 8.99. The van der Waals surface area contributed by atoms with Crippen LogP contribution in [-0.4, -0.2) is 76.2 Å². The fourth-order valence-electron chi connectivity index (χ4n) is 6.51. The van der Waals surface area contributed by atoms with Crippen LogP contribution in [0.4, 0.5) is 5.95 Å². The molecule has 1 saturated heterocycles. The molecule has 0 aromatic carbocycles. The third-order valence-corrected chi connectivity index (χ3v) is 8.99. The second-order valence-corrected chi connectivity index (χ2v) is 12.1. The molecule has 5 rings (SSSR count). The Bertz CT molecular complexity index is 1330. The normalized spacial score (nSPS) is 25.2. The van der Waals surface area contributed by atoms with E-state index < -0.39 is 12.0 Å². The van der Waals surface area contributed by atoms with Crippen molar-refractivity contribution in [1.82, 2.24) is 20.0 Å². The van der Waals surface area contributed by atoms with E-state index in [-0.39, 0.29) is 23.8 Å². The monoisotopic (exact) mass is 577 g/mol. The predicted molar refractivity (Wildman–Crippen MR) is 160 cm³/mol. The van der Waals surface area contributed by atoms with E-state index in [1.54, 1.807) is 18.5 Å². The number of hydrogen-bond donors (Lipinski definition) is 3. The van der Waals surface area contributed by atoms with E-state index in [9.17, 15) is 9.90 Å². The van der Waals surface area contributed by atoms with Crippen LogP contribution in [0.3, 0.4) is 0 Å². The van der Waals surface area contributed by atoms with Crippen LogP contribution < -0.4 is 10.6 Å². The van der Waals surface area contributed by atoms with Gasteiger partial charge in [-0.05, 0) is 43.8 Å². The number of aliphatic hydroxyl groups is 1. The lowest BCUT2D eigenvalue weighted by atomic mass is 9.83. The number of likely N-dealkylation sites (N-methyl/N-ethyl adjacent to an activating group) is 1. The number of ether oxygens (including phenoxy) is 1. The summed E-state index contributed by atoms with van der Waals surface area (Å²) in [4.78, 5) is 25.8. The van der Waals surface area contributed by atoms with Gasteiger partial charge in [-0.3, -0.25) is 4.79 Å². The molecule has 4 atom stereocenters. The Morgan fingerprint density at radius 2 is 1.88 bits per heavy atom. The van der Waals surface area contributed by atoms with Gasteiger partial charge in [0.25, 0.3) is 0 Å². The summed E-state index contributed by atoms with van der Waals surface area (Å²) in [7, 11) is 3.40. The highest BCUT2D eigenvalue weighted by atomic mass is 16.5. The molecule has 0 radical (unpaired) electrons. The van der Waals surface area contributed by atoms with Gasteiger partial charge in [-0.25, -0.2) is 9.97 Å². The smallest absolute Gasteiger partial charge is 0.316 e. The van der Waals surface area contributed by atoms with E-state index in [0.717, 1.165) is 57.3 Å². The van der Waals surface area contributed by atoms with Crippen LogP contribution in [-0.2, 0) is 9.53 Å². The number of esters is 1. The Hall–Kier alpha value is -3.57. The fourth-order valence-corrected chi connectivity index (χ4v) is 6.51. The lowest BCUT2D eigenvalue weighted by molar-refractivity contribution is -0.144. The van der Waals surface area contributed by atoms with Crippen molar-refractivity contribution in [3.8, 4) is 11.3 Å². The van der Waals surface area contributed by atoms with Gasteiger partial charge in [0.05, 0.1) is 19.3 Å². The van der Waals surface area contributed by atoms with Gasteiger partial charge in [-0.15, -0.1) is 0 Å². The predicted octanol–water partition coefficient (Wildman–Crippen LogP) is 3.87. The van der Waals surface area contributed by atoms with Gasteiger partial charge in [0.1, 0.15) is 11.6 Å². The molecule has 2 fully saturated rings. The van der Waals surface area contributed by atoms with Gasteiger partial charge in [0.15, 0.2) is 5.76 Å². The van der Waals surface area contributed by atoms with Crippen molar-refractivity contribution in [2.75, 3.05) is 32.1 Å². The lowest BCUT2D eigenvalue weighted by Crippen LogP contribution is -2.37. The molecule has 4 unspecified atom stereocenters. The maximum Gasteiger partial charge on any atom is 0.316 e. The van der Waals surface area contributed by atoms with Crippen molar-refractivity contribution in [1.29, 1.82) is 5.41 Å². The average molecular weight is 578 g/mol. The molecule has 0 bridgehead atoms. The van der Waals surface area contributed by atoms with Crippen LogP contribution >= 0.6 is 0 Å². The van der Waals surface area contributed by atoms with Crippen LogP contribution in [0.5, 0.6) is 0 Å². The molecule has 2 aromatic rings. The highest BCUT2D eigenvalue weighted by Crippen LogP contribution is 2.36. The molecular formula is C31H43N7O4. The molecule has 4 N–H and O–H groups in total. The molecule has 11 nitrogen and oxygen atoms in total. The van der Waals surface area contributed by atoms with Gasteiger partial charge >= 0.3 is 5.97 Å². The van der Waals surface area contributed by atoms with Crippen molar-refractivity contribution in [3.63, 3.8) is 0 Å². The SMILES string of the molecule is COC(=O)C(c1cc(-c2cnc(N3CCC(C4=CC(N)/C(=C\C(=N)C5CCCCC5O)N4C)CC3)nc2)no1)C(C)C. The highest BCUT2D eigenvalue weighted by molar-refractivity contribution is 5.95. The second-order valence-electron chi connectivity index (χ2n) is 12.1. The van der Waals surface area contributed by atoms with Crippen molar-refractivity contribution in [2.45, 2.75) is 70.4 Å². The molecule has 2 aromatic heterocycles. The minimum Gasteiger partial charge on any atom is -0.468 e. The number of piperidine rings is 1. The first-order chi connectivity index (χ1) is 20.2. The minimum atomic E-state index is -0.523. The zero-order chi connectivity index (χ0) is 30.0. The van der Waals surface area contributed by atoms with Crippen molar-refractivity contribution >= 4 is 17.6 Å². The molecule has 0 amide bonds. The van der Waals surface area contributed by atoms with Crippen molar-refractivity contribution < 1.29 is 19.2 Å². The zero-order valence-corrected chi connectivity index (χ0v) is 25.0. The van der Waals surface area contributed by atoms with E-state index in [1.807, 2.05) is 27.0 Å². The zero-order valence-electron chi connectivity index (χ0n) is 25.0. The Kier molecular flexibility index (Phi) is 9.08.